The summed E-state index contributed by atoms with van der Waals surface area (Å²) in [5, 5.41) is 7.60. The summed E-state index contributed by atoms with van der Waals surface area (Å²) in [6.45, 7) is 6.05. The van der Waals surface area contributed by atoms with Crippen LogP contribution in [0.5, 0.6) is 5.75 Å². The molecule has 1 aromatic heterocycles. The Morgan fingerprint density at radius 1 is 1.13 bits per heavy atom. The Hall–Kier alpha value is -4.81. The van der Waals surface area contributed by atoms with Crippen molar-refractivity contribution in [2.75, 3.05) is 28.4 Å². The van der Waals surface area contributed by atoms with Gasteiger partial charge in [0.2, 0.25) is 21.4 Å². The van der Waals surface area contributed by atoms with Gasteiger partial charge in [-0.05, 0) is 60.6 Å². The summed E-state index contributed by atoms with van der Waals surface area (Å²) >= 11 is 0. The number of aryl methyl sites for hydroxylation is 1. The van der Waals surface area contributed by atoms with Crippen LogP contribution in [0.15, 0.2) is 73.1 Å². The lowest BCUT2D eigenvalue weighted by atomic mass is 9.96. The number of carbonyl (C=O) groups is 1. The van der Waals surface area contributed by atoms with E-state index in [1.54, 1.807) is 30.5 Å². The summed E-state index contributed by atoms with van der Waals surface area (Å²) < 4.78 is 34.3. The molecular weight excluding hydrogens is 590 g/mol. The van der Waals surface area contributed by atoms with E-state index < -0.39 is 15.9 Å². The Balaban J connectivity index is 1.44. The summed E-state index contributed by atoms with van der Waals surface area (Å²) in [5.74, 6) is 6.31. The van der Waals surface area contributed by atoms with Crippen LogP contribution in [0.25, 0.3) is 11.4 Å². The number of hydrazine groups is 1. The van der Waals surface area contributed by atoms with Gasteiger partial charge in [0.15, 0.2) is 5.75 Å². The molecule has 11 nitrogen and oxygen atoms in total. The van der Waals surface area contributed by atoms with Crippen molar-refractivity contribution in [2.45, 2.75) is 45.4 Å². The van der Waals surface area contributed by atoms with Gasteiger partial charge in [-0.1, -0.05) is 42.8 Å². The number of nitrogens with two attached hydrogens (primary N) is 2. The van der Waals surface area contributed by atoms with Crippen molar-refractivity contribution < 1.29 is 22.6 Å². The number of aromatic nitrogens is 2. The summed E-state index contributed by atoms with van der Waals surface area (Å²) in [6.07, 6.45) is 7.21. The lowest BCUT2D eigenvalue weighted by Gasteiger charge is -2.20. The fourth-order valence-electron chi connectivity index (χ4n) is 5.37. The number of nitrogens with zero attached hydrogens (tertiary/aromatic N) is 2. The van der Waals surface area contributed by atoms with Gasteiger partial charge in [0.25, 0.3) is 5.91 Å². The zero-order chi connectivity index (χ0) is 32.5. The highest BCUT2D eigenvalue weighted by atomic mass is 32.2. The summed E-state index contributed by atoms with van der Waals surface area (Å²) in [6, 6.07) is 18.7. The first-order chi connectivity index (χ1) is 21.3. The average molecular weight is 631 g/mol. The van der Waals surface area contributed by atoms with Gasteiger partial charge in [0.1, 0.15) is 0 Å². The molecule has 3 aromatic carbocycles. The van der Waals surface area contributed by atoms with Gasteiger partial charge in [0, 0.05) is 30.3 Å². The first kappa shape index (κ1) is 31.6. The molecule has 1 amide bonds. The predicted molar refractivity (Wildman–Crippen MR) is 178 cm³/mol. The quantitative estimate of drug-likeness (QED) is 0.0928. The third kappa shape index (κ3) is 6.81. The monoisotopic (exact) mass is 630 g/mol. The number of H-pyrrole nitrogens is 1. The fourth-order valence-corrected chi connectivity index (χ4v) is 5.92. The highest BCUT2D eigenvalue weighted by Gasteiger charge is 2.40. The topological polar surface area (TPSA) is 159 Å². The van der Waals surface area contributed by atoms with Gasteiger partial charge < -0.3 is 15.8 Å². The number of methoxy groups -OCH3 is 1. The second-order valence-corrected chi connectivity index (χ2v) is 13.4. The van der Waals surface area contributed by atoms with E-state index in [0.717, 1.165) is 53.6 Å². The number of nitrogens with one attached hydrogen (secondary N) is 3. The molecule has 0 atom stereocenters. The summed E-state index contributed by atoms with van der Waals surface area (Å²) in [7, 11) is -2.17. The lowest BCUT2D eigenvalue weighted by Crippen LogP contribution is -2.36. The van der Waals surface area contributed by atoms with Crippen LogP contribution in [-0.4, -0.2) is 32.8 Å². The van der Waals surface area contributed by atoms with Gasteiger partial charge in [-0.2, -0.15) is 5.10 Å². The Bertz CT molecular complexity index is 1880. The Morgan fingerprint density at radius 2 is 1.82 bits per heavy atom. The minimum Gasteiger partial charge on any atom is -0.492 e. The molecule has 0 radical (unpaired) electrons. The molecule has 1 aliphatic rings. The molecule has 1 saturated carbocycles. The molecule has 1 fully saturated rings. The highest BCUT2D eigenvalue weighted by Crippen LogP contribution is 2.50. The fraction of sp³-hybridized carbons (Fsp3) is 0.273. The number of anilines is 3. The Labute approximate surface area is 263 Å². The van der Waals surface area contributed by atoms with Crippen molar-refractivity contribution in [2.24, 2.45) is 11.6 Å². The standard InChI is InChI=1S/C33H39N7O4S/c1-6-29-25(19-36-40(29)24-10-8-7-9-11-24)26(34)20-39(35)30-16-22(13-12-21(30)2)32(41)37-27-17-23(33(3)14-15-33)18-28(31(27)44-4)38-45(5,42)43/h7-13,16-20,38H,6,14-15,34-35H2,1-5H3,(H,37,41)/p+1/b26-20-. The van der Waals surface area contributed by atoms with Crippen molar-refractivity contribution in [3.63, 3.8) is 0 Å². The van der Waals surface area contributed by atoms with Crippen LogP contribution in [0.2, 0.25) is 0 Å². The largest absolute Gasteiger partial charge is 0.492 e. The number of sulfonamides is 1. The maximum absolute atomic E-state index is 13.6. The normalized spacial score (nSPS) is 14.1. The number of hydrogen-bond acceptors (Lipinski definition) is 7. The molecule has 4 aromatic rings. The Kier molecular flexibility index (Phi) is 8.63. The smallest absolute Gasteiger partial charge is 0.255 e. The molecule has 0 bridgehead atoms. The van der Waals surface area contributed by atoms with Crippen molar-refractivity contribution in [3.8, 4) is 11.4 Å². The second-order valence-electron chi connectivity index (χ2n) is 11.6. The zero-order valence-electron chi connectivity index (χ0n) is 26.1. The number of para-hydroxylation sites is 1. The van der Waals surface area contributed by atoms with Gasteiger partial charge >= 0.3 is 0 Å². The molecule has 0 saturated heterocycles. The van der Waals surface area contributed by atoms with Crippen LogP contribution < -0.4 is 36.0 Å². The van der Waals surface area contributed by atoms with Gasteiger partial charge in [0.05, 0.1) is 47.9 Å². The molecule has 7 N–H and O–H groups in total. The molecular formula is C33H40N7O4S+. The van der Waals surface area contributed by atoms with Crippen LogP contribution in [0.4, 0.5) is 17.1 Å². The highest BCUT2D eigenvalue weighted by molar-refractivity contribution is 7.92. The predicted octanol–water partition coefficient (Wildman–Crippen LogP) is 4.48. The second kappa shape index (κ2) is 12.3. The molecule has 0 aliphatic heterocycles. The Morgan fingerprint density at radius 3 is 2.44 bits per heavy atom. The molecule has 1 aliphatic carbocycles. The molecule has 236 valence electrons. The maximum Gasteiger partial charge on any atom is 0.255 e. The van der Waals surface area contributed by atoms with Crippen molar-refractivity contribution in [1.29, 1.82) is 0 Å². The van der Waals surface area contributed by atoms with Crippen LogP contribution in [0, 0.1) is 6.92 Å². The van der Waals surface area contributed by atoms with Gasteiger partial charge in [-0.3, -0.25) is 14.5 Å². The average Bonchev–Trinajstić information content (AvgIpc) is 3.60. The van der Waals surface area contributed by atoms with Crippen molar-refractivity contribution in [1.82, 2.24) is 5.10 Å². The van der Waals surface area contributed by atoms with Crippen molar-refractivity contribution >= 4 is 38.7 Å². The van der Waals surface area contributed by atoms with Crippen LogP contribution in [-0.2, 0) is 21.9 Å². The SMILES string of the molecule is CCc1c(/C(N)=C/N(N)c2cc(C(=O)Nc3cc(C4(C)CC4)cc(NS(C)(=O)=O)c3OC)ccc2C)c[nH][n+]1-c1ccccc1. The van der Waals surface area contributed by atoms with E-state index in [4.69, 9.17) is 16.3 Å². The van der Waals surface area contributed by atoms with E-state index in [1.165, 1.54) is 12.1 Å². The molecule has 12 heteroatoms. The van der Waals surface area contributed by atoms with E-state index >= 15 is 0 Å². The summed E-state index contributed by atoms with van der Waals surface area (Å²) in [4.78, 5) is 13.6. The number of hydrogen-bond donors (Lipinski definition) is 5. The number of carbonyl (C=O) groups excluding carboxylic acids is 1. The van der Waals surface area contributed by atoms with Gasteiger partial charge in [-0.25, -0.2) is 14.3 Å². The third-order valence-electron chi connectivity index (χ3n) is 8.14. The number of benzene rings is 3. The van der Waals surface area contributed by atoms with E-state index in [-0.39, 0.29) is 16.9 Å². The third-order valence-corrected chi connectivity index (χ3v) is 8.73. The number of aromatic amines is 1. The van der Waals surface area contributed by atoms with E-state index in [9.17, 15) is 13.2 Å². The molecule has 45 heavy (non-hydrogen) atoms. The van der Waals surface area contributed by atoms with E-state index in [0.29, 0.717) is 22.6 Å². The van der Waals surface area contributed by atoms with E-state index in [1.807, 2.05) is 54.2 Å². The number of amides is 1. The maximum atomic E-state index is 13.6. The van der Waals surface area contributed by atoms with Gasteiger partial charge in [-0.15, -0.1) is 0 Å². The van der Waals surface area contributed by atoms with Crippen LogP contribution >= 0.6 is 0 Å². The number of rotatable bonds is 11. The van der Waals surface area contributed by atoms with Crippen LogP contribution in [0.3, 0.4) is 0 Å². The zero-order valence-corrected chi connectivity index (χ0v) is 27.0. The minimum absolute atomic E-state index is 0.0967. The first-order valence-corrected chi connectivity index (χ1v) is 16.5. The van der Waals surface area contributed by atoms with Crippen LogP contribution in [0.1, 0.15) is 59.4 Å². The molecule has 0 unspecified atom stereocenters. The minimum atomic E-state index is -3.60. The molecule has 0 spiro atoms. The van der Waals surface area contributed by atoms with E-state index in [2.05, 4.69) is 29.0 Å². The van der Waals surface area contributed by atoms with Crippen molar-refractivity contribution in [3.05, 3.63) is 101 Å². The first-order valence-electron chi connectivity index (χ1n) is 14.6. The molecule has 1 heterocycles. The molecule has 5 rings (SSSR count). The summed E-state index contributed by atoms with van der Waals surface area (Å²) in [5.41, 5.74) is 13.0. The lowest BCUT2D eigenvalue weighted by molar-refractivity contribution is -0.662. The number of ether oxygens (including phenoxy) is 1.